The second-order valence-corrected chi connectivity index (χ2v) is 10.5. The lowest BCUT2D eigenvalue weighted by molar-refractivity contribution is -0.143. The standard InChI is InChI=1S/C24H45N7O8S/c1-13(2)19(24(38)39)31-18(33)11-27-22(36)16(7-5-6-9-25)29-20(34)14(3)28-23(37)17(8-10-40-4)30-21(35)15(26)12-32/h13-17,19,32H,5-12,25-26H2,1-4H3,(H,27,36)(H,28,37)(H,29,34)(H,30,35)(H,31,33)(H,38,39)/t14-,15-,16-,17-,19-/m0/s1. The minimum atomic E-state index is -1.21. The van der Waals surface area contributed by atoms with Crippen molar-refractivity contribution in [3.8, 4) is 0 Å². The third kappa shape index (κ3) is 14.4. The number of carbonyl (C=O) groups is 6. The highest BCUT2D eigenvalue weighted by Gasteiger charge is 2.29. The molecule has 0 aliphatic carbocycles. The number of hydrogen-bond donors (Lipinski definition) is 9. The zero-order chi connectivity index (χ0) is 30.8. The summed E-state index contributed by atoms with van der Waals surface area (Å²) in [5, 5.41) is 30.6. The second-order valence-electron chi connectivity index (χ2n) is 9.55. The lowest BCUT2D eigenvalue weighted by Gasteiger charge is -2.24. The number of carboxylic acid groups (broad SMARTS) is 1. The van der Waals surface area contributed by atoms with Gasteiger partial charge < -0.3 is 48.3 Å². The molecule has 0 radical (unpaired) electrons. The van der Waals surface area contributed by atoms with Crippen molar-refractivity contribution in [3.63, 3.8) is 0 Å². The summed E-state index contributed by atoms with van der Waals surface area (Å²) in [5.74, 6) is -4.48. The van der Waals surface area contributed by atoms with E-state index in [0.717, 1.165) is 0 Å². The quantitative estimate of drug-likeness (QED) is 0.0645. The Balaban J connectivity index is 5.27. The molecule has 0 aromatic carbocycles. The molecular formula is C24H45N7O8S. The summed E-state index contributed by atoms with van der Waals surface area (Å²) in [4.78, 5) is 74.0. The smallest absolute Gasteiger partial charge is 0.326 e. The third-order valence-electron chi connectivity index (χ3n) is 5.78. The zero-order valence-corrected chi connectivity index (χ0v) is 24.3. The summed E-state index contributed by atoms with van der Waals surface area (Å²) in [6, 6.07) is -5.49. The fraction of sp³-hybridized carbons (Fsp3) is 0.750. The lowest BCUT2D eigenvalue weighted by Crippen LogP contribution is -2.57. The number of carboxylic acids is 1. The maximum atomic E-state index is 12.9. The Morgan fingerprint density at radius 1 is 0.825 bits per heavy atom. The SMILES string of the molecule is CSCC[C@H](NC(=O)[C@@H](N)CO)C(=O)N[C@@H](C)C(=O)N[C@@H](CCCCN)C(=O)NCC(=O)N[C@H](C(=O)O)C(C)C. The molecule has 5 atom stereocenters. The van der Waals surface area contributed by atoms with Crippen LogP contribution in [0.4, 0.5) is 0 Å². The van der Waals surface area contributed by atoms with E-state index in [-0.39, 0.29) is 18.8 Å². The molecule has 0 unspecified atom stereocenters. The van der Waals surface area contributed by atoms with Gasteiger partial charge in [0.05, 0.1) is 13.2 Å². The highest BCUT2D eigenvalue weighted by atomic mass is 32.2. The largest absolute Gasteiger partial charge is 0.480 e. The van der Waals surface area contributed by atoms with Gasteiger partial charge in [0.2, 0.25) is 29.5 Å². The third-order valence-corrected chi connectivity index (χ3v) is 6.43. The van der Waals surface area contributed by atoms with Gasteiger partial charge in [0.25, 0.3) is 0 Å². The molecule has 0 aliphatic heterocycles. The molecule has 0 aromatic heterocycles. The van der Waals surface area contributed by atoms with E-state index in [9.17, 15) is 33.9 Å². The Hall–Kier alpha value is -2.95. The van der Waals surface area contributed by atoms with Crippen LogP contribution in [0.15, 0.2) is 0 Å². The first-order valence-electron chi connectivity index (χ1n) is 13.0. The van der Waals surface area contributed by atoms with Crippen molar-refractivity contribution in [2.75, 3.05) is 31.7 Å². The number of aliphatic hydroxyl groups excluding tert-OH is 1. The van der Waals surface area contributed by atoms with Gasteiger partial charge in [0.15, 0.2) is 0 Å². The van der Waals surface area contributed by atoms with E-state index in [1.54, 1.807) is 13.8 Å². The number of rotatable bonds is 20. The van der Waals surface area contributed by atoms with E-state index in [1.807, 2.05) is 6.26 Å². The number of amides is 5. The van der Waals surface area contributed by atoms with Gasteiger partial charge in [-0.05, 0) is 57.1 Å². The maximum Gasteiger partial charge on any atom is 0.326 e. The molecule has 15 nitrogen and oxygen atoms in total. The van der Waals surface area contributed by atoms with E-state index in [2.05, 4.69) is 26.6 Å². The fourth-order valence-corrected chi connectivity index (χ4v) is 3.80. The van der Waals surface area contributed by atoms with Crippen LogP contribution in [0.1, 0.15) is 46.5 Å². The van der Waals surface area contributed by atoms with Gasteiger partial charge in [-0.15, -0.1) is 0 Å². The molecule has 16 heteroatoms. The molecule has 230 valence electrons. The number of aliphatic carboxylic acids is 1. The van der Waals surface area contributed by atoms with Crippen LogP contribution in [0.5, 0.6) is 0 Å². The number of nitrogens with two attached hydrogens (primary N) is 2. The van der Waals surface area contributed by atoms with Crippen LogP contribution in [0.2, 0.25) is 0 Å². The first-order chi connectivity index (χ1) is 18.8. The average molecular weight is 592 g/mol. The van der Waals surface area contributed by atoms with Crippen molar-refractivity contribution >= 4 is 47.3 Å². The summed E-state index contributed by atoms with van der Waals surface area (Å²) in [7, 11) is 0. The molecule has 0 rings (SSSR count). The molecule has 0 aliphatic rings. The van der Waals surface area contributed by atoms with E-state index in [0.29, 0.717) is 25.1 Å². The lowest BCUT2D eigenvalue weighted by atomic mass is 10.0. The van der Waals surface area contributed by atoms with Gasteiger partial charge in [-0.1, -0.05) is 13.8 Å². The van der Waals surface area contributed by atoms with Crippen molar-refractivity contribution in [1.82, 2.24) is 26.6 Å². The summed E-state index contributed by atoms with van der Waals surface area (Å²) in [5.41, 5.74) is 11.0. The zero-order valence-electron chi connectivity index (χ0n) is 23.5. The van der Waals surface area contributed by atoms with E-state index >= 15 is 0 Å². The molecule has 0 spiro atoms. The summed E-state index contributed by atoms with van der Waals surface area (Å²) < 4.78 is 0. The predicted molar refractivity (Wildman–Crippen MR) is 150 cm³/mol. The van der Waals surface area contributed by atoms with Gasteiger partial charge in [-0.25, -0.2) is 4.79 Å². The first kappa shape index (κ1) is 37.0. The van der Waals surface area contributed by atoms with Crippen LogP contribution in [-0.4, -0.2) is 108 Å². The van der Waals surface area contributed by atoms with Crippen LogP contribution in [0.3, 0.4) is 0 Å². The Morgan fingerprint density at radius 3 is 1.95 bits per heavy atom. The van der Waals surface area contributed by atoms with Gasteiger partial charge in [-0.2, -0.15) is 11.8 Å². The minimum Gasteiger partial charge on any atom is -0.480 e. The number of unbranched alkanes of at least 4 members (excludes halogenated alkanes) is 1. The van der Waals surface area contributed by atoms with Crippen molar-refractivity contribution in [3.05, 3.63) is 0 Å². The monoisotopic (exact) mass is 591 g/mol. The molecule has 40 heavy (non-hydrogen) atoms. The molecule has 0 bridgehead atoms. The first-order valence-corrected chi connectivity index (χ1v) is 14.4. The highest BCUT2D eigenvalue weighted by Crippen LogP contribution is 2.05. The van der Waals surface area contributed by atoms with E-state index in [4.69, 9.17) is 16.6 Å². The summed E-state index contributed by atoms with van der Waals surface area (Å²) >= 11 is 1.45. The normalized spacial score (nSPS) is 14.7. The highest BCUT2D eigenvalue weighted by molar-refractivity contribution is 7.98. The van der Waals surface area contributed by atoms with Gasteiger partial charge >= 0.3 is 5.97 Å². The van der Waals surface area contributed by atoms with E-state index in [1.165, 1.54) is 18.7 Å². The molecule has 0 saturated carbocycles. The number of aliphatic hydroxyl groups is 1. The van der Waals surface area contributed by atoms with Crippen LogP contribution >= 0.6 is 11.8 Å². The van der Waals surface area contributed by atoms with E-state index < -0.39 is 78.9 Å². The van der Waals surface area contributed by atoms with Crippen molar-refractivity contribution in [1.29, 1.82) is 0 Å². The number of hydrogen-bond acceptors (Lipinski definition) is 10. The van der Waals surface area contributed by atoms with Crippen LogP contribution in [-0.2, 0) is 28.8 Å². The molecule has 0 fully saturated rings. The maximum absolute atomic E-state index is 12.9. The van der Waals surface area contributed by atoms with Gasteiger partial charge in [0, 0.05) is 0 Å². The molecule has 0 aromatic rings. The Bertz CT molecular complexity index is 861. The average Bonchev–Trinajstić information content (AvgIpc) is 2.90. The van der Waals surface area contributed by atoms with Crippen molar-refractivity contribution in [2.24, 2.45) is 17.4 Å². The van der Waals surface area contributed by atoms with Crippen molar-refractivity contribution < 1.29 is 39.0 Å². The minimum absolute atomic E-state index is 0.201. The van der Waals surface area contributed by atoms with Gasteiger partial charge in [-0.3, -0.25) is 24.0 Å². The second kappa shape index (κ2) is 20.0. The van der Waals surface area contributed by atoms with Gasteiger partial charge in [0.1, 0.15) is 30.2 Å². The molecule has 0 heterocycles. The van der Waals surface area contributed by atoms with Crippen LogP contribution < -0.4 is 38.1 Å². The topological polar surface area (TPSA) is 255 Å². The predicted octanol–water partition coefficient (Wildman–Crippen LogP) is -3.00. The fourth-order valence-electron chi connectivity index (χ4n) is 3.33. The Labute approximate surface area is 238 Å². The number of thioether (sulfide) groups is 1. The number of nitrogens with one attached hydrogen (secondary N) is 5. The van der Waals surface area contributed by atoms with Crippen molar-refractivity contribution in [2.45, 2.75) is 76.7 Å². The van der Waals surface area contributed by atoms with Crippen LogP contribution in [0, 0.1) is 5.92 Å². The molecular weight excluding hydrogens is 546 g/mol. The Kier molecular flexibility index (Phi) is 18.5. The molecule has 11 N–H and O–H groups in total. The Morgan fingerprint density at radius 2 is 1.43 bits per heavy atom. The molecule has 5 amide bonds. The number of carbonyl (C=O) groups excluding carboxylic acids is 5. The molecule has 0 saturated heterocycles. The summed E-state index contributed by atoms with van der Waals surface area (Å²) in [6.45, 7) is 3.92. The summed E-state index contributed by atoms with van der Waals surface area (Å²) in [6.07, 6.45) is 3.34. The van der Waals surface area contributed by atoms with Crippen LogP contribution in [0.25, 0.3) is 0 Å².